The van der Waals surface area contributed by atoms with Crippen LogP contribution < -0.4 is 4.90 Å². The number of hydrogen-bond donors (Lipinski definition) is 1. The van der Waals surface area contributed by atoms with E-state index in [9.17, 15) is 5.11 Å². The van der Waals surface area contributed by atoms with Gasteiger partial charge in [-0.3, -0.25) is 0 Å². The molecule has 2 nitrogen and oxygen atoms in total. The van der Waals surface area contributed by atoms with Crippen LogP contribution in [-0.4, -0.2) is 12.2 Å². The number of benzene rings is 1. The second-order valence-corrected chi connectivity index (χ2v) is 5.04. The molecule has 90 valence electrons. The molecular formula is C14H17NOS. The maximum absolute atomic E-state index is 9.45. The lowest BCUT2D eigenvalue weighted by Gasteiger charge is -2.19. The van der Waals surface area contributed by atoms with Crippen LogP contribution in [0.5, 0.6) is 0 Å². The van der Waals surface area contributed by atoms with Crippen LogP contribution in [0.25, 0.3) is 0 Å². The zero-order chi connectivity index (χ0) is 12.3. The summed E-state index contributed by atoms with van der Waals surface area (Å²) < 4.78 is 0. The number of thiophene rings is 1. The highest BCUT2D eigenvalue weighted by molar-refractivity contribution is 7.07. The highest BCUT2D eigenvalue weighted by Crippen LogP contribution is 2.20. The predicted octanol–water partition coefficient (Wildman–Crippen LogP) is 3.44. The van der Waals surface area contributed by atoms with E-state index in [1.807, 2.05) is 12.1 Å². The van der Waals surface area contributed by atoms with Crippen molar-refractivity contribution < 1.29 is 5.11 Å². The van der Waals surface area contributed by atoms with Crippen molar-refractivity contribution in [3.8, 4) is 0 Å². The Morgan fingerprint density at radius 2 is 1.94 bits per heavy atom. The van der Waals surface area contributed by atoms with Gasteiger partial charge in [0.25, 0.3) is 0 Å². The largest absolute Gasteiger partial charge is 0.389 e. The summed E-state index contributed by atoms with van der Waals surface area (Å²) in [6.45, 7) is 2.70. The van der Waals surface area contributed by atoms with Crippen molar-refractivity contribution in [1.29, 1.82) is 0 Å². The first kappa shape index (κ1) is 12.1. The van der Waals surface area contributed by atoms with Crippen LogP contribution in [0, 0.1) is 0 Å². The number of aliphatic hydroxyl groups excluding tert-OH is 1. The molecule has 0 saturated carbocycles. The molecule has 3 heteroatoms. The van der Waals surface area contributed by atoms with E-state index in [1.54, 1.807) is 18.3 Å². The summed E-state index contributed by atoms with van der Waals surface area (Å²) in [6.07, 6.45) is -0.397. The zero-order valence-corrected chi connectivity index (χ0v) is 10.9. The summed E-state index contributed by atoms with van der Waals surface area (Å²) in [5.41, 5.74) is 3.45. The second-order valence-electron chi connectivity index (χ2n) is 4.26. The van der Waals surface area contributed by atoms with E-state index in [0.717, 1.165) is 12.1 Å². The SMILES string of the molecule is CC(O)c1ccc(N(C)Cc2ccsc2)cc1. The van der Waals surface area contributed by atoms with Gasteiger partial charge >= 0.3 is 0 Å². The summed E-state index contributed by atoms with van der Waals surface area (Å²) in [5.74, 6) is 0. The van der Waals surface area contributed by atoms with Gasteiger partial charge in [0.2, 0.25) is 0 Å². The highest BCUT2D eigenvalue weighted by Gasteiger charge is 2.04. The minimum absolute atomic E-state index is 0.397. The molecule has 0 amide bonds. The number of anilines is 1. The van der Waals surface area contributed by atoms with E-state index in [2.05, 4.69) is 40.9 Å². The molecular weight excluding hydrogens is 230 g/mol. The third-order valence-corrected chi connectivity index (χ3v) is 3.55. The van der Waals surface area contributed by atoms with E-state index in [-0.39, 0.29) is 0 Å². The molecule has 1 N–H and O–H groups in total. The molecule has 2 rings (SSSR count). The number of nitrogens with zero attached hydrogens (tertiary/aromatic N) is 1. The van der Waals surface area contributed by atoms with Crippen molar-refractivity contribution >= 4 is 17.0 Å². The smallest absolute Gasteiger partial charge is 0.0761 e. The highest BCUT2D eigenvalue weighted by atomic mass is 32.1. The average molecular weight is 247 g/mol. The van der Waals surface area contributed by atoms with Gasteiger partial charge in [-0.05, 0) is 47.0 Å². The summed E-state index contributed by atoms with van der Waals surface area (Å²) in [5, 5.41) is 13.7. The third kappa shape index (κ3) is 3.08. The molecule has 2 aromatic rings. The molecule has 0 saturated heterocycles. The molecule has 0 aliphatic heterocycles. The Morgan fingerprint density at radius 1 is 1.24 bits per heavy atom. The Labute approximate surface area is 106 Å². The molecule has 0 fully saturated rings. The summed E-state index contributed by atoms with van der Waals surface area (Å²) in [6, 6.07) is 10.2. The standard InChI is InChI=1S/C14H17NOS/c1-11(16)13-3-5-14(6-4-13)15(2)9-12-7-8-17-10-12/h3-8,10-11,16H,9H2,1-2H3. The van der Waals surface area contributed by atoms with Gasteiger partial charge < -0.3 is 10.0 Å². The Hall–Kier alpha value is -1.32. The Bertz CT molecular complexity index is 448. The lowest BCUT2D eigenvalue weighted by Crippen LogP contribution is -2.15. The van der Waals surface area contributed by atoms with E-state index < -0.39 is 6.10 Å². The molecule has 0 aliphatic rings. The minimum atomic E-state index is -0.397. The van der Waals surface area contributed by atoms with Crippen molar-refractivity contribution in [3.05, 3.63) is 52.2 Å². The molecule has 1 aromatic heterocycles. The molecule has 0 radical (unpaired) electrons. The molecule has 1 atom stereocenters. The fourth-order valence-corrected chi connectivity index (χ4v) is 2.41. The van der Waals surface area contributed by atoms with Gasteiger partial charge in [-0.1, -0.05) is 12.1 Å². The fourth-order valence-electron chi connectivity index (χ4n) is 1.76. The van der Waals surface area contributed by atoms with Crippen molar-refractivity contribution in [3.63, 3.8) is 0 Å². The van der Waals surface area contributed by atoms with Gasteiger partial charge in [-0.15, -0.1) is 0 Å². The number of rotatable bonds is 4. The lowest BCUT2D eigenvalue weighted by atomic mass is 10.1. The van der Waals surface area contributed by atoms with E-state index >= 15 is 0 Å². The van der Waals surface area contributed by atoms with E-state index in [0.29, 0.717) is 0 Å². The Morgan fingerprint density at radius 3 is 2.47 bits per heavy atom. The van der Waals surface area contributed by atoms with E-state index in [4.69, 9.17) is 0 Å². The fraction of sp³-hybridized carbons (Fsp3) is 0.286. The Balaban J connectivity index is 2.06. The van der Waals surface area contributed by atoms with Crippen LogP contribution >= 0.6 is 11.3 Å². The minimum Gasteiger partial charge on any atom is -0.389 e. The van der Waals surface area contributed by atoms with Gasteiger partial charge in [0, 0.05) is 19.3 Å². The van der Waals surface area contributed by atoms with Crippen LogP contribution in [0.3, 0.4) is 0 Å². The molecule has 1 aromatic carbocycles. The Kier molecular flexibility index (Phi) is 3.82. The molecule has 0 aliphatic carbocycles. The molecule has 17 heavy (non-hydrogen) atoms. The molecule has 1 heterocycles. The van der Waals surface area contributed by atoms with Crippen LogP contribution in [-0.2, 0) is 6.54 Å². The van der Waals surface area contributed by atoms with Crippen molar-refractivity contribution in [2.75, 3.05) is 11.9 Å². The van der Waals surface area contributed by atoms with E-state index in [1.165, 1.54) is 11.3 Å². The van der Waals surface area contributed by atoms with Crippen molar-refractivity contribution in [2.24, 2.45) is 0 Å². The summed E-state index contributed by atoms with van der Waals surface area (Å²) >= 11 is 1.72. The maximum Gasteiger partial charge on any atom is 0.0761 e. The number of hydrogen-bond acceptors (Lipinski definition) is 3. The molecule has 0 bridgehead atoms. The van der Waals surface area contributed by atoms with Crippen LogP contribution in [0.1, 0.15) is 24.2 Å². The van der Waals surface area contributed by atoms with Crippen molar-refractivity contribution in [2.45, 2.75) is 19.6 Å². The van der Waals surface area contributed by atoms with Crippen molar-refractivity contribution in [1.82, 2.24) is 0 Å². The maximum atomic E-state index is 9.45. The topological polar surface area (TPSA) is 23.5 Å². The quantitative estimate of drug-likeness (QED) is 0.894. The first-order valence-corrected chi connectivity index (χ1v) is 6.61. The summed E-state index contributed by atoms with van der Waals surface area (Å²) in [7, 11) is 2.08. The first-order valence-electron chi connectivity index (χ1n) is 5.67. The molecule has 0 spiro atoms. The monoisotopic (exact) mass is 247 g/mol. The normalized spacial score (nSPS) is 12.4. The van der Waals surface area contributed by atoms with Gasteiger partial charge in [0.15, 0.2) is 0 Å². The van der Waals surface area contributed by atoms with Gasteiger partial charge in [-0.2, -0.15) is 11.3 Å². The van der Waals surface area contributed by atoms with Crippen LogP contribution in [0.2, 0.25) is 0 Å². The predicted molar refractivity (Wildman–Crippen MR) is 73.5 cm³/mol. The van der Waals surface area contributed by atoms with Gasteiger partial charge in [0.05, 0.1) is 6.10 Å². The van der Waals surface area contributed by atoms with Crippen LogP contribution in [0.15, 0.2) is 41.1 Å². The van der Waals surface area contributed by atoms with Gasteiger partial charge in [-0.25, -0.2) is 0 Å². The summed E-state index contributed by atoms with van der Waals surface area (Å²) in [4.78, 5) is 2.20. The third-order valence-electron chi connectivity index (χ3n) is 2.82. The number of aliphatic hydroxyl groups is 1. The second kappa shape index (κ2) is 5.34. The zero-order valence-electron chi connectivity index (χ0n) is 10.1. The lowest BCUT2D eigenvalue weighted by molar-refractivity contribution is 0.199. The van der Waals surface area contributed by atoms with Crippen LogP contribution in [0.4, 0.5) is 5.69 Å². The average Bonchev–Trinajstić information content (AvgIpc) is 2.82. The first-order chi connectivity index (χ1) is 8.16. The van der Waals surface area contributed by atoms with Gasteiger partial charge in [0.1, 0.15) is 0 Å². The molecule has 1 unspecified atom stereocenters.